The summed E-state index contributed by atoms with van der Waals surface area (Å²) in [6, 6.07) is 14.5. The van der Waals surface area contributed by atoms with Gasteiger partial charge in [-0.25, -0.2) is 0 Å². The van der Waals surface area contributed by atoms with Gasteiger partial charge in [-0.15, -0.1) is 0 Å². The van der Waals surface area contributed by atoms with Gasteiger partial charge in [0, 0.05) is 0 Å². The fourth-order valence-corrected chi connectivity index (χ4v) is 1.79. The molecule has 1 atom stereocenters. The number of aliphatic hydroxyl groups is 1. The lowest BCUT2D eigenvalue weighted by Crippen LogP contribution is -2.04. The maximum atomic E-state index is 9.37. The van der Waals surface area contributed by atoms with Gasteiger partial charge in [-0.3, -0.25) is 0 Å². The van der Waals surface area contributed by atoms with E-state index in [9.17, 15) is 5.11 Å². The minimum atomic E-state index is -0.277. The molecule has 14 heavy (non-hydrogen) atoms. The minimum absolute atomic E-state index is 0.277. The van der Waals surface area contributed by atoms with Crippen molar-refractivity contribution in [1.29, 1.82) is 0 Å². The van der Waals surface area contributed by atoms with Crippen molar-refractivity contribution in [3.8, 4) is 0 Å². The van der Waals surface area contributed by atoms with Gasteiger partial charge in [-0.1, -0.05) is 42.5 Å². The van der Waals surface area contributed by atoms with Crippen molar-refractivity contribution in [2.75, 3.05) is 0 Å². The Labute approximate surface area is 84.0 Å². The van der Waals surface area contributed by atoms with E-state index in [2.05, 4.69) is 24.3 Å². The standard InChI is InChI=1S/C13H14O/c1-10(14)9-12-7-4-6-11-5-2-3-8-13(11)12/h2-8,10,14H,9H2,1H3/t10-/m1/s1. The summed E-state index contributed by atoms with van der Waals surface area (Å²) in [5, 5.41) is 11.9. The summed E-state index contributed by atoms with van der Waals surface area (Å²) >= 11 is 0. The number of hydrogen-bond donors (Lipinski definition) is 1. The Morgan fingerprint density at radius 1 is 1.07 bits per heavy atom. The average molecular weight is 186 g/mol. The van der Waals surface area contributed by atoms with Gasteiger partial charge in [-0.2, -0.15) is 0 Å². The number of hydrogen-bond acceptors (Lipinski definition) is 1. The summed E-state index contributed by atoms with van der Waals surface area (Å²) < 4.78 is 0. The first-order chi connectivity index (χ1) is 6.77. The van der Waals surface area contributed by atoms with E-state index in [4.69, 9.17) is 0 Å². The maximum absolute atomic E-state index is 9.37. The van der Waals surface area contributed by atoms with Gasteiger partial charge in [0.2, 0.25) is 0 Å². The fraction of sp³-hybridized carbons (Fsp3) is 0.231. The SMILES string of the molecule is C[C@@H](O)Cc1cccc2ccccc12. The highest BCUT2D eigenvalue weighted by atomic mass is 16.3. The number of rotatable bonds is 2. The van der Waals surface area contributed by atoms with Crippen molar-refractivity contribution >= 4 is 10.8 Å². The Kier molecular flexibility index (Phi) is 2.51. The van der Waals surface area contributed by atoms with E-state index < -0.39 is 0 Å². The van der Waals surface area contributed by atoms with Crippen LogP contribution in [0.25, 0.3) is 10.8 Å². The van der Waals surface area contributed by atoms with Gasteiger partial charge in [0.05, 0.1) is 6.10 Å². The van der Waals surface area contributed by atoms with E-state index in [1.807, 2.05) is 25.1 Å². The second-order valence-corrected chi connectivity index (χ2v) is 3.69. The second-order valence-electron chi connectivity index (χ2n) is 3.69. The summed E-state index contributed by atoms with van der Waals surface area (Å²) in [4.78, 5) is 0. The van der Waals surface area contributed by atoms with Crippen LogP contribution in [0.4, 0.5) is 0 Å². The van der Waals surface area contributed by atoms with Gasteiger partial charge >= 0.3 is 0 Å². The molecule has 1 N–H and O–H groups in total. The van der Waals surface area contributed by atoms with Crippen LogP contribution in [0.15, 0.2) is 42.5 Å². The summed E-state index contributed by atoms with van der Waals surface area (Å²) in [5.74, 6) is 0. The number of aliphatic hydroxyl groups excluding tert-OH is 1. The van der Waals surface area contributed by atoms with E-state index in [1.165, 1.54) is 16.3 Å². The predicted molar refractivity (Wildman–Crippen MR) is 59.3 cm³/mol. The molecule has 72 valence electrons. The molecule has 1 nitrogen and oxygen atoms in total. The molecular weight excluding hydrogens is 172 g/mol. The molecule has 0 fully saturated rings. The Bertz CT molecular complexity index is 427. The zero-order valence-corrected chi connectivity index (χ0v) is 8.27. The zero-order valence-electron chi connectivity index (χ0n) is 8.27. The quantitative estimate of drug-likeness (QED) is 0.764. The van der Waals surface area contributed by atoms with Crippen LogP contribution in [0.3, 0.4) is 0 Å². The summed E-state index contributed by atoms with van der Waals surface area (Å²) in [7, 11) is 0. The first-order valence-corrected chi connectivity index (χ1v) is 4.92. The fourth-order valence-electron chi connectivity index (χ4n) is 1.79. The van der Waals surface area contributed by atoms with Gasteiger partial charge in [0.15, 0.2) is 0 Å². The van der Waals surface area contributed by atoms with E-state index in [1.54, 1.807) is 0 Å². The van der Waals surface area contributed by atoms with Crippen LogP contribution in [0.2, 0.25) is 0 Å². The molecule has 2 aromatic rings. The molecule has 0 spiro atoms. The lowest BCUT2D eigenvalue weighted by atomic mass is 10.0. The lowest BCUT2D eigenvalue weighted by molar-refractivity contribution is 0.196. The molecular formula is C13H14O. The largest absolute Gasteiger partial charge is 0.393 e. The normalized spacial score (nSPS) is 13.0. The van der Waals surface area contributed by atoms with E-state index in [-0.39, 0.29) is 6.10 Å². The smallest absolute Gasteiger partial charge is 0.0552 e. The molecule has 2 rings (SSSR count). The summed E-state index contributed by atoms with van der Waals surface area (Å²) in [6.07, 6.45) is 0.447. The first-order valence-electron chi connectivity index (χ1n) is 4.92. The van der Waals surface area contributed by atoms with Crippen LogP contribution >= 0.6 is 0 Å². The minimum Gasteiger partial charge on any atom is -0.393 e. The van der Waals surface area contributed by atoms with Gasteiger partial charge < -0.3 is 5.11 Å². The molecule has 0 amide bonds. The van der Waals surface area contributed by atoms with Crippen LogP contribution in [0.1, 0.15) is 12.5 Å². The second kappa shape index (κ2) is 3.81. The molecule has 0 aliphatic heterocycles. The molecule has 0 bridgehead atoms. The van der Waals surface area contributed by atoms with Crippen LogP contribution in [0.5, 0.6) is 0 Å². The van der Waals surface area contributed by atoms with Crippen LogP contribution in [0, 0.1) is 0 Å². The third-order valence-corrected chi connectivity index (χ3v) is 2.40. The third-order valence-electron chi connectivity index (χ3n) is 2.40. The molecule has 0 radical (unpaired) electrons. The Morgan fingerprint density at radius 3 is 2.57 bits per heavy atom. The van der Waals surface area contributed by atoms with E-state index in [0.29, 0.717) is 0 Å². The first kappa shape index (κ1) is 9.22. The van der Waals surface area contributed by atoms with Crippen molar-refractivity contribution in [2.24, 2.45) is 0 Å². The summed E-state index contributed by atoms with van der Waals surface area (Å²) in [6.45, 7) is 1.82. The van der Waals surface area contributed by atoms with E-state index >= 15 is 0 Å². The van der Waals surface area contributed by atoms with E-state index in [0.717, 1.165) is 6.42 Å². The highest BCUT2D eigenvalue weighted by molar-refractivity contribution is 5.85. The maximum Gasteiger partial charge on any atom is 0.0552 e. The third kappa shape index (κ3) is 1.78. The average Bonchev–Trinajstić information content (AvgIpc) is 2.18. The van der Waals surface area contributed by atoms with Crippen molar-refractivity contribution < 1.29 is 5.11 Å². The van der Waals surface area contributed by atoms with Crippen LogP contribution in [-0.2, 0) is 6.42 Å². The number of fused-ring (bicyclic) bond motifs is 1. The Morgan fingerprint density at radius 2 is 1.79 bits per heavy atom. The van der Waals surface area contributed by atoms with Crippen LogP contribution in [-0.4, -0.2) is 11.2 Å². The molecule has 0 unspecified atom stereocenters. The predicted octanol–water partition coefficient (Wildman–Crippen LogP) is 2.76. The molecule has 0 aromatic heterocycles. The molecule has 0 saturated carbocycles. The monoisotopic (exact) mass is 186 g/mol. The molecule has 0 heterocycles. The Hall–Kier alpha value is -1.34. The topological polar surface area (TPSA) is 20.2 Å². The molecule has 1 heteroatoms. The highest BCUT2D eigenvalue weighted by Gasteiger charge is 2.02. The molecule has 0 aliphatic rings. The van der Waals surface area contributed by atoms with Crippen molar-refractivity contribution in [3.05, 3.63) is 48.0 Å². The van der Waals surface area contributed by atoms with Gasteiger partial charge in [0.1, 0.15) is 0 Å². The van der Waals surface area contributed by atoms with Crippen LogP contribution < -0.4 is 0 Å². The lowest BCUT2D eigenvalue weighted by Gasteiger charge is -2.07. The van der Waals surface area contributed by atoms with Crippen molar-refractivity contribution in [3.63, 3.8) is 0 Å². The molecule has 2 aromatic carbocycles. The zero-order chi connectivity index (χ0) is 9.97. The number of benzene rings is 2. The highest BCUT2D eigenvalue weighted by Crippen LogP contribution is 2.19. The van der Waals surface area contributed by atoms with Gasteiger partial charge in [0.25, 0.3) is 0 Å². The van der Waals surface area contributed by atoms with Gasteiger partial charge in [-0.05, 0) is 29.7 Å². The molecule has 0 saturated heterocycles. The van der Waals surface area contributed by atoms with Crippen molar-refractivity contribution in [1.82, 2.24) is 0 Å². The molecule has 0 aliphatic carbocycles. The Balaban J connectivity index is 2.53. The summed E-state index contributed by atoms with van der Waals surface area (Å²) in [5.41, 5.74) is 1.22. The van der Waals surface area contributed by atoms with Crippen molar-refractivity contribution in [2.45, 2.75) is 19.4 Å².